The topological polar surface area (TPSA) is 40.5 Å². The molecule has 2 unspecified atom stereocenters. The van der Waals surface area contributed by atoms with Crippen LogP contribution in [-0.4, -0.2) is 35.1 Å². The van der Waals surface area contributed by atoms with Crippen LogP contribution in [0.3, 0.4) is 0 Å². The summed E-state index contributed by atoms with van der Waals surface area (Å²) in [5.41, 5.74) is 1.95. The van der Waals surface area contributed by atoms with Crippen molar-refractivity contribution in [1.29, 1.82) is 0 Å². The quantitative estimate of drug-likeness (QED) is 0.930. The summed E-state index contributed by atoms with van der Waals surface area (Å²) < 4.78 is 13.1. The van der Waals surface area contributed by atoms with Crippen molar-refractivity contribution < 1.29 is 14.3 Å². The van der Waals surface area contributed by atoms with Gasteiger partial charge in [-0.05, 0) is 49.6 Å². The molecule has 1 saturated heterocycles. The van der Waals surface area contributed by atoms with Crippen molar-refractivity contribution in [3.05, 3.63) is 46.6 Å². The number of aryl methyl sites for hydroxylation is 1. The molecule has 0 radical (unpaired) electrons. The maximum atomic E-state index is 13.1. The molecule has 0 aliphatic carbocycles. The molecule has 1 amide bonds. The lowest BCUT2D eigenvalue weighted by Gasteiger charge is -2.16. The zero-order valence-electron chi connectivity index (χ0n) is 13.3. The van der Waals surface area contributed by atoms with E-state index in [0.717, 1.165) is 22.4 Å². The van der Waals surface area contributed by atoms with E-state index in [1.165, 1.54) is 23.5 Å². The number of hydrogen-bond acceptors (Lipinski definition) is 3. The standard InChI is InChI=1S/C18H20FNO2S/c1-11-9-16(18(22)20-8-7-14(10-20)12(2)21)23-17(11)13-3-5-15(19)6-4-13/h3-6,9,12,14,21H,7-8,10H2,1-2H3. The second-order valence-electron chi connectivity index (χ2n) is 6.17. The fraction of sp³-hybridized carbons (Fsp3) is 0.389. The third-order valence-electron chi connectivity index (χ3n) is 4.43. The predicted molar refractivity (Wildman–Crippen MR) is 90.1 cm³/mol. The van der Waals surface area contributed by atoms with Gasteiger partial charge in [0, 0.05) is 23.9 Å². The molecule has 1 fully saturated rings. The number of carbonyl (C=O) groups excluding carboxylic acids is 1. The zero-order chi connectivity index (χ0) is 16.6. The zero-order valence-corrected chi connectivity index (χ0v) is 14.1. The molecule has 122 valence electrons. The average molecular weight is 333 g/mol. The molecule has 1 aromatic heterocycles. The summed E-state index contributed by atoms with van der Waals surface area (Å²) in [4.78, 5) is 16.2. The van der Waals surface area contributed by atoms with Crippen molar-refractivity contribution in [2.45, 2.75) is 26.4 Å². The first kappa shape index (κ1) is 16.1. The van der Waals surface area contributed by atoms with E-state index >= 15 is 0 Å². The molecular weight excluding hydrogens is 313 g/mol. The Morgan fingerprint density at radius 2 is 2.09 bits per heavy atom. The van der Waals surface area contributed by atoms with Crippen molar-refractivity contribution in [2.75, 3.05) is 13.1 Å². The number of rotatable bonds is 3. The number of thiophene rings is 1. The molecule has 2 aromatic rings. The van der Waals surface area contributed by atoms with Crippen LogP contribution >= 0.6 is 11.3 Å². The number of carbonyl (C=O) groups is 1. The SMILES string of the molecule is Cc1cc(C(=O)N2CCC(C(C)O)C2)sc1-c1ccc(F)cc1. The fourth-order valence-electron chi connectivity index (χ4n) is 3.00. The minimum absolute atomic E-state index is 0.0228. The van der Waals surface area contributed by atoms with Crippen LogP contribution in [-0.2, 0) is 0 Å². The van der Waals surface area contributed by atoms with Crippen molar-refractivity contribution in [1.82, 2.24) is 4.90 Å². The van der Waals surface area contributed by atoms with E-state index in [4.69, 9.17) is 0 Å². The van der Waals surface area contributed by atoms with Crippen LogP contribution in [0.5, 0.6) is 0 Å². The van der Waals surface area contributed by atoms with Crippen molar-refractivity contribution in [3.8, 4) is 10.4 Å². The van der Waals surface area contributed by atoms with Gasteiger partial charge in [0.05, 0.1) is 11.0 Å². The molecule has 1 aliphatic rings. The van der Waals surface area contributed by atoms with E-state index in [9.17, 15) is 14.3 Å². The lowest BCUT2D eigenvalue weighted by molar-refractivity contribution is 0.0767. The van der Waals surface area contributed by atoms with Gasteiger partial charge in [0.2, 0.25) is 0 Å². The van der Waals surface area contributed by atoms with E-state index < -0.39 is 0 Å². The summed E-state index contributed by atoms with van der Waals surface area (Å²) in [7, 11) is 0. The maximum absolute atomic E-state index is 13.1. The van der Waals surface area contributed by atoms with Crippen LogP contribution in [0.1, 0.15) is 28.6 Å². The molecule has 0 saturated carbocycles. The molecule has 1 N–H and O–H groups in total. The molecule has 1 aromatic carbocycles. The van der Waals surface area contributed by atoms with E-state index in [0.29, 0.717) is 18.0 Å². The fourth-order valence-corrected chi connectivity index (χ4v) is 4.14. The van der Waals surface area contributed by atoms with Gasteiger partial charge in [0.15, 0.2) is 0 Å². The van der Waals surface area contributed by atoms with E-state index in [-0.39, 0.29) is 23.7 Å². The van der Waals surface area contributed by atoms with Gasteiger partial charge in [-0.2, -0.15) is 0 Å². The molecule has 2 heterocycles. The van der Waals surface area contributed by atoms with E-state index in [1.807, 2.05) is 17.9 Å². The molecule has 0 bridgehead atoms. The molecule has 2 atom stereocenters. The highest BCUT2D eigenvalue weighted by Gasteiger charge is 2.30. The second kappa shape index (κ2) is 6.42. The minimum Gasteiger partial charge on any atom is -0.393 e. The maximum Gasteiger partial charge on any atom is 0.263 e. The summed E-state index contributed by atoms with van der Waals surface area (Å²) in [6, 6.07) is 8.25. The number of aliphatic hydroxyl groups is 1. The highest BCUT2D eigenvalue weighted by atomic mass is 32.1. The van der Waals surface area contributed by atoms with Crippen LogP contribution in [0.4, 0.5) is 4.39 Å². The predicted octanol–water partition coefficient (Wildman–Crippen LogP) is 3.71. The molecule has 23 heavy (non-hydrogen) atoms. The Kier molecular flexibility index (Phi) is 4.50. The van der Waals surface area contributed by atoms with Crippen LogP contribution in [0.25, 0.3) is 10.4 Å². The number of nitrogens with zero attached hydrogens (tertiary/aromatic N) is 1. The number of halogens is 1. The average Bonchev–Trinajstić information content (AvgIpc) is 3.14. The molecule has 5 heteroatoms. The molecule has 0 spiro atoms. The Balaban J connectivity index is 1.81. The summed E-state index contributed by atoms with van der Waals surface area (Å²) in [5.74, 6) is -0.0771. The van der Waals surface area contributed by atoms with Gasteiger partial charge in [-0.25, -0.2) is 4.39 Å². The minimum atomic E-state index is -0.382. The van der Waals surface area contributed by atoms with Crippen molar-refractivity contribution in [3.63, 3.8) is 0 Å². The highest BCUT2D eigenvalue weighted by molar-refractivity contribution is 7.17. The van der Waals surface area contributed by atoms with Gasteiger partial charge in [-0.1, -0.05) is 12.1 Å². The van der Waals surface area contributed by atoms with Crippen LogP contribution in [0, 0.1) is 18.7 Å². The van der Waals surface area contributed by atoms with E-state index in [2.05, 4.69) is 0 Å². The van der Waals surface area contributed by atoms with Gasteiger partial charge in [0.25, 0.3) is 5.91 Å². The van der Waals surface area contributed by atoms with Gasteiger partial charge in [0.1, 0.15) is 5.82 Å². The third-order valence-corrected chi connectivity index (χ3v) is 5.70. The smallest absolute Gasteiger partial charge is 0.263 e. The van der Waals surface area contributed by atoms with Gasteiger partial charge in [-0.15, -0.1) is 11.3 Å². The Bertz CT molecular complexity index is 708. The summed E-state index contributed by atoms with van der Waals surface area (Å²) >= 11 is 1.45. The number of aliphatic hydroxyl groups excluding tert-OH is 1. The molecule has 1 aliphatic heterocycles. The van der Waals surface area contributed by atoms with Gasteiger partial charge in [-0.3, -0.25) is 4.79 Å². The first-order valence-electron chi connectivity index (χ1n) is 7.79. The normalized spacial score (nSPS) is 19.1. The Labute approximate surface area is 139 Å². The summed E-state index contributed by atoms with van der Waals surface area (Å²) in [5, 5.41) is 9.68. The van der Waals surface area contributed by atoms with Gasteiger partial charge >= 0.3 is 0 Å². The number of benzene rings is 1. The molecule has 3 rings (SSSR count). The highest BCUT2D eigenvalue weighted by Crippen LogP contribution is 2.34. The van der Waals surface area contributed by atoms with Gasteiger partial charge < -0.3 is 10.0 Å². The van der Waals surface area contributed by atoms with Crippen LogP contribution in [0.15, 0.2) is 30.3 Å². The van der Waals surface area contributed by atoms with Crippen LogP contribution < -0.4 is 0 Å². The Morgan fingerprint density at radius 1 is 1.39 bits per heavy atom. The van der Waals surface area contributed by atoms with Crippen molar-refractivity contribution >= 4 is 17.2 Å². The largest absolute Gasteiger partial charge is 0.393 e. The summed E-state index contributed by atoms with van der Waals surface area (Å²) in [6.07, 6.45) is 0.464. The number of amides is 1. The Hall–Kier alpha value is -1.72. The lowest BCUT2D eigenvalue weighted by atomic mass is 10.0. The Morgan fingerprint density at radius 3 is 2.70 bits per heavy atom. The molecule has 3 nitrogen and oxygen atoms in total. The van der Waals surface area contributed by atoms with E-state index in [1.54, 1.807) is 19.1 Å². The first-order valence-corrected chi connectivity index (χ1v) is 8.61. The third kappa shape index (κ3) is 3.31. The number of hydrogen-bond donors (Lipinski definition) is 1. The molecular formula is C18H20FNO2S. The monoisotopic (exact) mass is 333 g/mol. The van der Waals surface area contributed by atoms with Crippen LogP contribution in [0.2, 0.25) is 0 Å². The number of likely N-dealkylation sites (tertiary alicyclic amines) is 1. The summed E-state index contributed by atoms with van der Waals surface area (Å²) in [6.45, 7) is 5.05. The second-order valence-corrected chi connectivity index (χ2v) is 7.22. The first-order chi connectivity index (χ1) is 11.0. The lowest BCUT2D eigenvalue weighted by Crippen LogP contribution is -2.29. The van der Waals surface area contributed by atoms with Crippen molar-refractivity contribution in [2.24, 2.45) is 5.92 Å².